The van der Waals surface area contributed by atoms with Crippen LogP contribution in [0.3, 0.4) is 0 Å². The second kappa shape index (κ2) is 6.36. The molecule has 0 aliphatic heterocycles. The zero-order valence-electron chi connectivity index (χ0n) is 12.5. The van der Waals surface area contributed by atoms with Crippen LogP contribution in [0.5, 0.6) is 0 Å². The summed E-state index contributed by atoms with van der Waals surface area (Å²) in [5.41, 5.74) is 9.49. The van der Waals surface area contributed by atoms with E-state index < -0.39 is 0 Å². The van der Waals surface area contributed by atoms with Crippen molar-refractivity contribution in [1.29, 1.82) is 0 Å². The molecule has 2 N–H and O–H groups in total. The fourth-order valence-corrected chi connectivity index (χ4v) is 2.92. The molecule has 0 amide bonds. The Bertz CT molecular complexity index is 535. The molecule has 2 aromatic carbocycles. The number of nitrogen functional groups attached to an aromatic ring is 1. The van der Waals surface area contributed by atoms with Crippen LogP contribution in [0.15, 0.2) is 53.4 Å². The maximum atomic E-state index is 5.69. The minimum absolute atomic E-state index is 0.229. The minimum Gasteiger partial charge on any atom is -0.399 e. The number of benzene rings is 2. The number of hydrogen-bond acceptors (Lipinski definition) is 2. The average Bonchev–Trinajstić information content (AvgIpc) is 2.41. The predicted octanol–water partition coefficient (Wildman–Crippen LogP) is 4.90. The first-order valence-corrected chi connectivity index (χ1v) is 8.01. The normalized spacial score (nSPS) is 11.6. The molecule has 0 aliphatic rings. The molecule has 0 aromatic heterocycles. The number of hydrogen-bond donors (Lipinski definition) is 1. The number of rotatable bonds is 4. The van der Waals surface area contributed by atoms with E-state index in [1.807, 2.05) is 23.9 Å². The van der Waals surface area contributed by atoms with Crippen molar-refractivity contribution in [2.75, 3.05) is 11.5 Å². The molecule has 0 unspecified atom stereocenters. The standard InChI is InChI=1S/C18H23NS/c1-18(2,3)15-6-10-17(11-7-15)20-13-12-14-4-8-16(19)9-5-14/h4-11H,12-13,19H2,1-3H3. The molecule has 0 aliphatic carbocycles. The molecule has 0 fully saturated rings. The van der Waals surface area contributed by atoms with Crippen LogP contribution in [0.4, 0.5) is 5.69 Å². The largest absolute Gasteiger partial charge is 0.399 e. The zero-order valence-corrected chi connectivity index (χ0v) is 13.3. The van der Waals surface area contributed by atoms with Crippen molar-refractivity contribution in [2.24, 2.45) is 0 Å². The van der Waals surface area contributed by atoms with Gasteiger partial charge in [0.1, 0.15) is 0 Å². The fourth-order valence-electron chi connectivity index (χ4n) is 2.02. The van der Waals surface area contributed by atoms with Crippen LogP contribution >= 0.6 is 11.8 Å². The van der Waals surface area contributed by atoms with E-state index in [9.17, 15) is 0 Å². The summed E-state index contributed by atoms with van der Waals surface area (Å²) in [6, 6.07) is 17.1. The van der Waals surface area contributed by atoms with Gasteiger partial charge >= 0.3 is 0 Å². The van der Waals surface area contributed by atoms with E-state index in [0.29, 0.717) is 0 Å². The Hall–Kier alpha value is -1.41. The molecule has 2 heteroatoms. The molecule has 106 valence electrons. The van der Waals surface area contributed by atoms with Gasteiger partial charge in [0.15, 0.2) is 0 Å². The monoisotopic (exact) mass is 285 g/mol. The van der Waals surface area contributed by atoms with Crippen LogP contribution in [-0.2, 0) is 11.8 Å². The highest BCUT2D eigenvalue weighted by Crippen LogP contribution is 2.26. The summed E-state index contributed by atoms with van der Waals surface area (Å²) in [7, 11) is 0. The van der Waals surface area contributed by atoms with Gasteiger partial charge in [-0.05, 0) is 47.2 Å². The smallest absolute Gasteiger partial charge is 0.0314 e. The molecule has 1 nitrogen and oxygen atoms in total. The molecule has 0 spiro atoms. The summed E-state index contributed by atoms with van der Waals surface area (Å²) in [6.45, 7) is 6.74. The fraction of sp³-hybridized carbons (Fsp3) is 0.333. The summed E-state index contributed by atoms with van der Waals surface area (Å²) >= 11 is 1.91. The van der Waals surface area contributed by atoms with Gasteiger partial charge in [0, 0.05) is 16.3 Å². The summed E-state index contributed by atoms with van der Waals surface area (Å²) in [6.07, 6.45) is 1.08. The molecule has 0 saturated carbocycles. The summed E-state index contributed by atoms with van der Waals surface area (Å²) in [5, 5.41) is 0. The molecular weight excluding hydrogens is 262 g/mol. The van der Waals surface area contributed by atoms with Gasteiger partial charge in [0.2, 0.25) is 0 Å². The highest BCUT2D eigenvalue weighted by atomic mass is 32.2. The molecule has 0 radical (unpaired) electrons. The number of thioether (sulfide) groups is 1. The van der Waals surface area contributed by atoms with Gasteiger partial charge in [-0.2, -0.15) is 0 Å². The van der Waals surface area contributed by atoms with E-state index in [4.69, 9.17) is 5.73 Å². The van der Waals surface area contributed by atoms with E-state index in [2.05, 4.69) is 57.2 Å². The molecule has 0 heterocycles. The van der Waals surface area contributed by atoms with Crippen LogP contribution < -0.4 is 5.73 Å². The van der Waals surface area contributed by atoms with Crippen molar-refractivity contribution < 1.29 is 0 Å². The second-order valence-electron chi connectivity index (χ2n) is 6.11. The average molecular weight is 285 g/mol. The summed E-state index contributed by atoms with van der Waals surface area (Å²) in [5.74, 6) is 1.10. The van der Waals surface area contributed by atoms with Crippen LogP contribution in [0.2, 0.25) is 0 Å². The Labute approximate surface area is 126 Å². The van der Waals surface area contributed by atoms with Crippen LogP contribution in [0.1, 0.15) is 31.9 Å². The zero-order chi connectivity index (χ0) is 14.6. The van der Waals surface area contributed by atoms with Gasteiger partial charge in [0.05, 0.1) is 0 Å². The third-order valence-corrected chi connectivity index (χ3v) is 4.37. The first kappa shape index (κ1) is 15.0. The van der Waals surface area contributed by atoms with Crippen LogP contribution in [0, 0.1) is 0 Å². The molecule has 2 aromatic rings. The SMILES string of the molecule is CC(C)(C)c1ccc(SCCc2ccc(N)cc2)cc1. The lowest BCUT2D eigenvalue weighted by atomic mass is 9.87. The Morgan fingerprint density at radius 1 is 0.900 bits per heavy atom. The van der Waals surface area contributed by atoms with Crippen molar-refractivity contribution in [1.82, 2.24) is 0 Å². The van der Waals surface area contributed by atoms with E-state index in [1.54, 1.807) is 0 Å². The Morgan fingerprint density at radius 2 is 1.50 bits per heavy atom. The molecule has 0 bridgehead atoms. The highest BCUT2D eigenvalue weighted by molar-refractivity contribution is 7.99. The Morgan fingerprint density at radius 3 is 2.05 bits per heavy atom. The quantitative estimate of drug-likeness (QED) is 0.638. The van der Waals surface area contributed by atoms with Gasteiger partial charge in [0.25, 0.3) is 0 Å². The number of nitrogens with two attached hydrogens (primary N) is 1. The topological polar surface area (TPSA) is 26.0 Å². The third-order valence-electron chi connectivity index (χ3n) is 3.36. The second-order valence-corrected chi connectivity index (χ2v) is 7.28. The third kappa shape index (κ3) is 4.31. The van der Waals surface area contributed by atoms with E-state index >= 15 is 0 Å². The molecular formula is C18H23NS. The molecule has 20 heavy (non-hydrogen) atoms. The van der Waals surface area contributed by atoms with E-state index in [1.165, 1.54) is 16.0 Å². The van der Waals surface area contributed by atoms with Gasteiger partial charge in [-0.25, -0.2) is 0 Å². The van der Waals surface area contributed by atoms with Gasteiger partial charge < -0.3 is 5.73 Å². The highest BCUT2D eigenvalue weighted by Gasteiger charge is 2.12. The molecule has 2 rings (SSSR count). The van der Waals surface area contributed by atoms with E-state index in [-0.39, 0.29) is 5.41 Å². The van der Waals surface area contributed by atoms with Crippen molar-refractivity contribution in [3.05, 3.63) is 59.7 Å². The first-order chi connectivity index (χ1) is 9.45. The van der Waals surface area contributed by atoms with Crippen molar-refractivity contribution in [3.8, 4) is 0 Å². The van der Waals surface area contributed by atoms with Crippen LogP contribution in [0.25, 0.3) is 0 Å². The number of anilines is 1. The molecule has 0 saturated heterocycles. The maximum absolute atomic E-state index is 5.69. The maximum Gasteiger partial charge on any atom is 0.0314 e. The van der Waals surface area contributed by atoms with Gasteiger partial charge in [-0.15, -0.1) is 11.8 Å². The Kier molecular flexibility index (Phi) is 4.77. The van der Waals surface area contributed by atoms with Gasteiger partial charge in [-0.1, -0.05) is 45.0 Å². The summed E-state index contributed by atoms with van der Waals surface area (Å²) < 4.78 is 0. The summed E-state index contributed by atoms with van der Waals surface area (Å²) in [4.78, 5) is 1.34. The lowest BCUT2D eigenvalue weighted by molar-refractivity contribution is 0.590. The van der Waals surface area contributed by atoms with Gasteiger partial charge in [-0.3, -0.25) is 0 Å². The number of aryl methyl sites for hydroxylation is 1. The lowest BCUT2D eigenvalue weighted by Crippen LogP contribution is -2.10. The van der Waals surface area contributed by atoms with Crippen molar-refractivity contribution >= 4 is 17.4 Å². The van der Waals surface area contributed by atoms with Crippen molar-refractivity contribution in [3.63, 3.8) is 0 Å². The first-order valence-electron chi connectivity index (χ1n) is 7.03. The minimum atomic E-state index is 0.229. The van der Waals surface area contributed by atoms with Crippen LogP contribution in [-0.4, -0.2) is 5.75 Å². The van der Waals surface area contributed by atoms with E-state index in [0.717, 1.165) is 17.9 Å². The predicted molar refractivity (Wildman–Crippen MR) is 90.4 cm³/mol. The Balaban J connectivity index is 1.87. The van der Waals surface area contributed by atoms with Crippen molar-refractivity contribution in [2.45, 2.75) is 37.5 Å². The molecule has 0 atom stereocenters. The lowest BCUT2D eigenvalue weighted by Gasteiger charge is -2.19.